The van der Waals surface area contributed by atoms with E-state index in [4.69, 9.17) is 9.57 Å². The van der Waals surface area contributed by atoms with Gasteiger partial charge < -0.3 is 20.3 Å². The standard InChI is InChI=1S/C28H30N2O10/c1-2-39-28(38)19-8-9-21(26(34)35)20(15-19)17-40-30-13-6-4-3-5-12-29-25(33)23-16-18(24(32)11-14-31)7-10-22(23)27(36)37/h7-11,15-16,30H,2-6,12-13,17H2,1H3,(H,29,33)(H,34,35)(H,36,37). The van der Waals surface area contributed by atoms with Gasteiger partial charge in [0, 0.05) is 18.7 Å². The zero-order valence-corrected chi connectivity index (χ0v) is 21.9. The first kappa shape index (κ1) is 31.6. The van der Waals surface area contributed by atoms with Crippen LogP contribution in [-0.4, -0.2) is 65.4 Å². The van der Waals surface area contributed by atoms with Crippen molar-refractivity contribution in [1.29, 1.82) is 0 Å². The smallest absolute Gasteiger partial charge is 0.338 e. The quantitative estimate of drug-likeness (QED) is 0.0563. The highest BCUT2D eigenvalue weighted by atomic mass is 16.6. The number of hydrogen-bond donors (Lipinski definition) is 4. The number of allylic oxidation sites excluding steroid dienone is 1. The van der Waals surface area contributed by atoms with Crippen LogP contribution in [0.3, 0.4) is 0 Å². The fourth-order valence-electron chi connectivity index (χ4n) is 3.65. The number of ether oxygens (including phenoxy) is 1. The number of hydrogen-bond acceptors (Lipinski definition) is 9. The summed E-state index contributed by atoms with van der Waals surface area (Å²) in [4.78, 5) is 75.0. The molecule has 2 aromatic carbocycles. The highest BCUT2D eigenvalue weighted by molar-refractivity contribution is 6.11. The Labute approximate surface area is 229 Å². The Kier molecular flexibility index (Phi) is 12.9. The van der Waals surface area contributed by atoms with Gasteiger partial charge in [-0.1, -0.05) is 18.9 Å². The van der Waals surface area contributed by atoms with E-state index in [2.05, 4.69) is 10.8 Å². The largest absolute Gasteiger partial charge is 0.478 e. The predicted molar refractivity (Wildman–Crippen MR) is 141 cm³/mol. The van der Waals surface area contributed by atoms with Crippen LogP contribution < -0.4 is 10.8 Å². The van der Waals surface area contributed by atoms with E-state index < -0.39 is 29.6 Å². The molecule has 2 rings (SSSR count). The average molecular weight is 555 g/mol. The Morgan fingerprint density at radius 2 is 1.50 bits per heavy atom. The van der Waals surface area contributed by atoms with Crippen LogP contribution in [0.1, 0.15) is 90.0 Å². The molecule has 1 amide bonds. The van der Waals surface area contributed by atoms with Crippen molar-refractivity contribution in [1.82, 2.24) is 10.8 Å². The highest BCUT2D eigenvalue weighted by Gasteiger charge is 2.19. The van der Waals surface area contributed by atoms with Crippen molar-refractivity contribution in [2.45, 2.75) is 39.2 Å². The second-order valence-electron chi connectivity index (χ2n) is 8.44. The van der Waals surface area contributed by atoms with Gasteiger partial charge in [-0.2, -0.15) is 0 Å². The SMILES string of the molecule is CCOC(=O)c1ccc(C(=O)O)c(CONCCCCCCNC(=O)c2cc(C(=O)C=C=O)ccc2C(=O)O)c1. The van der Waals surface area contributed by atoms with E-state index in [1.54, 1.807) is 6.92 Å². The lowest BCUT2D eigenvalue weighted by Gasteiger charge is -2.11. The molecule has 0 unspecified atom stereocenters. The molecule has 12 heteroatoms. The molecule has 0 aliphatic rings. The third kappa shape index (κ3) is 9.59. The summed E-state index contributed by atoms with van der Waals surface area (Å²) in [6, 6.07) is 7.63. The second-order valence-corrected chi connectivity index (χ2v) is 8.44. The van der Waals surface area contributed by atoms with E-state index in [0.29, 0.717) is 24.6 Å². The molecule has 40 heavy (non-hydrogen) atoms. The minimum atomic E-state index is -1.32. The van der Waals surface area contributed by atoms with E-state index in [0.717, 1.165) is 31.4 Å². The summed E-state index contributed by atoms with van der Waals surface area (Å²) in [5, 5.41) is 21.3. The molecule has 0 heterocycles. The third-order valence-electron chi connectivity index (χ3n) is 5.64. The summed E-state index contributed by atoms with van der Waals surface area (Å²) in [6.45, 7) is 2.55. The van der Waals surface area contributed by atoms with Crippen molar-refractivity contribution in [3.05, 3.63) is 75.9 Å². The minimum absolute atomic E-state index is 0.000828. The molecular formula is C28H30N2O10. The van der Waals surface area contributed by atoms with E-state index in [1.807, 2.05) is 0 Å². The molecule has 0 fully saturated rings. The molecule has 0 saturated carbocycles. The lowest BCUT2D eigenvalue weighted by atomic mass is 10.0. The van der Waals surface area contributed by atoms with Crippen molar-refractivity contribution >= 4 is 35.5 Å². The van der Waals surface area contributed by atoms with Gasteiger partial charge >= 0.3 is 17.9 Å². The van der Waals surface area contributed by atoms with E-state index >= 15 is 0 Å². The summed E-state index contributed by atoms with van der Waals surface area (Å²) >= 11 is 0. The molecule has 0 aromatic heterocycles. The molecule has 12 nitrogen and oxygen atoms in total. The van der Waals surface area contributed by atoms with Crippen molar-refractivity contribution in [3.8, 4) is 0 Å². The number of ketones is 1. The molecule has 0 saturated heterocycles. The van der Waals surface area contributed by atoms with Gasteiger partial charge in [0.2, 0.25) is 0 Å². The van der Waals surface area contributed by atoms with E-state index in [-0.39, 0.29) is 47.6 Å². The zero-order valence-electron chi connectivity index (χ0n) is 21.9. The number of amides is 1. The number of benzene rings is 2. The van der Waals surface area contributed by atoms with Crippen LogP contribution in [0.5, 0.6) is 0 Å². The first-order valence-electron chi connectivity index (χ1n) is 12.5. The summed E-state index contributed by atoms with van der Waals surface area (Å²) in [5.74, 6) is -3.00. The summed E-state index contributed by atoms with van der Waals surface area (Å²) in [7, 11) is 0. The van der Waals surface area contributed by atoms with Crippen LogP contribution in [0.15, 0.2) is 42.5 Å². The summed E-state index contributed by atoms with van der Waals surface area (Å²) in [5.41, 5.74) is 2.88. The van der Waals surface area contributed by atoms with Gasteiger partial charge in [0.05, 0.1) is 41.5 Å². The number of carboxylic acid groups (broad SMARTS) is 2. The van der Waals surface area contributed by atoms with Crippen LogP contribution in [-0.2, 0) is 21.0 Å². The van der Waals surface area contributed by atoms with Gasteiger partial charge in [-0.25, -0.2) is 24.7 Å². The number of carboxylic acids is 2. The van der Waals surface area contributed by atoms with Crippen molar-refractivity contribution in [2.24, 2.45) is 0 Å². The molecular weight excluding hydrogens is 524 g/mol. The fourth-order valence-corrected chi connectivity index (χ4v) is 3.65. The van der Waals surface area contributed by atoms with Gasteiger partial charge in [0.15, 0.2) is 5.78 Å². The van der Waals surface area contributed by atoms with Crippen LogP contribution >= 0.6 is 0 Å². The molecule has 212 valence electrons. The maximum absolute atomic E-state index is 12.5. The molecule has 0 aliphatic carbocycles. The Hall–Kier alpha value is -4.64. The lowest BCUT2D eigenvalue weighted by Crippen LogP contribution is -2.26. The lowest BCUT2D eigenvalue weighted by molar-refractivity contribution is 0.0262. The first-order valence-corrected chi connectivity index (χ1v) is 12.5. The second kappa shape index (κ2) is 16.4. The Morgan fingerprint density at radius 3 is 2.15 bits per heavy atom. The Bertz CT molecular complexity index is 1300. The van der Waals surface area contributed by atoms with Crippen LogP contribution in [0, 0.1) is 0 Å². The van der Waals surface area contributed by atoms with Gasteiger partial charge in [0.25, 0.3) is 5.91 Å². The normalized spacial score (nSPS) is 10.3. The first-order chi connectivity index (χ1) is 19.2. The van der Waals surface area contributed by atoms with Gasteiger partial charge in [-0.3, -0.25) is 14.4 Å². The van der Waals surface area contributed by atoms with E-state index in [1.165, 1.54) is 30.2 Å². The zero-order chi connectivity index (χ0) is 29.5. The van der Waals surface area contributed by atoms with Crippen LogP contribution in [0.4, 0.5) is 0 Å². The average Bonchev–Trinajstić information content (AvgIpc) is 2.93. The Balaban J connectivity index is 1.73. The highest BCUT2D eigenvalue weighted by Crippen LogP contribution is 2.16. The number of carbonyl (C=O) groups excluding carboxylic acids is 4. The maximum atomic E-state index is 12.5. The van der Waals surface area contributed by atoms with Gasteiger partial charge in [-0.05, 0) is 55.7 Å². The number of esters is 1. The predicted octanol–water partition coefficient (Wildman–Crippen LogP) is 2.84. The third-order valence-corrected chi connectivity index (χ3v) is 5.64. The number of hydroxylamine groups is 1. The molecule has 0 bridgehead atoms. The summed E-state index contributed by atoms with van der Waals surface area (Å²) < 4.78 is 4.94. The van der Waals surface area contributed by atoms with Crippen molar-refractivity contribution in [3.63, 3.8) is 0 Å². The molecule has 0 aliphatic heterocycles. The number of carbonyl (C=O) groups is 5. The monoisotopic (exact) mass is 554 g/mol. The molecule has 0 radical (unpaired) electrons. The van der Waals surface area contributed by atoms with Crippen LogP contribution in [0.25, 0.3) is 0 Å². The van der Waals surface area contributed by atoms with Gasteiger partial charge in [-0.15, -0.1) is 0 Å². The van der Waals surface area contributed by atoms with Crippen molar-refractivity contribution < 1.29 is 48.6 Å². The molecule has 0 spiro atoms. The van der Waals surface area contributed by atoms with Crippen molar-refractivity contribution in [2.75, 3.05) is 19.7 Å². The molecule has 0 atom stereocenters. The Morgan fingerprint density at radius 1 is 0.850 bits per heavy atom. The molecule has 4 N–H and O–H groups in total. The topological polar surface area (TPSA) is 185 Å². The fraction of sp³-hybridized carbons (Fsp3) is 0.321. The number of nitrogens with one attached hydrogen (secondary N) is 2. The number of aromatic carboxylic acids is 2. The van der Waals surface area contributed by atoms with Crippen LogP contribution in [0.2, 0.25) is 0 Å². The van der Waals surface area contributed by atoms with Gasteiger partial charge in [0.1, 0.15) is 5.94 Å². The number of unbranched alkanes of at least 4 members (excludes halogenated alkanes) is 3. The summed E-state index contributed by atoms with van der Waals surface area (Å²) in [6.07, 6.45) is 3.53. The minimum Gasteiger partial charge on any atom is -0.478 e. The number of rotatable bonds is 17. The maximum Gasteiger partial charge on any atom is 0.338 e. The van der Waals surface area contributed by atoms with E-state index in [9.17, 15) is 39.0 Å². The molecule has 2 aromatic rings.